The highest BCUT2D eigenvalue weighted by Crippen LogP contribution is 2.38. The minimum atomic E-state index is -3.20. The first-order valence-corrected chi connectivity index (χ1v) is 10.6. The maximum atomic E-state index is 13.5. The number of fused-ring (bicyclic) bond motifs is 1. The zero-order chi connectivity index (χ0) is 20.1. The van der Waals surface area contributed by atoms with E-state index in [0.29, 0.717) is 40.6 Å². The summed E-state index contributed by atoms with van der Waals surface area (Å²) in [4.78, 5) is 13.3. The van der Waals surface area contributed by atoms with Gasteiger partial charge in [-0.15, -0.1) is 0 Å². The number of halogens is 1. The minimum absolute atomic E-state index is 0.0221. The van der Waals surface area contributed by atoms with Crippen LogP contribution in [0.25, 0.3) is 0 Å². The molecule has 1 unspecified atom stereocenters. The summed E-state index contributed by atoms with van der Waals surface area (Å²) in [6.45, 7) is 0. The SMILES string of the molecule is Cn1cc2c(c1C(=O)Nc1ccc(F)c(C#N)c1)CC[C@H](C1CC1)NS2(=N)=O. The van der Waals surface area contributed by atoms with Crippen molar-refractivity contribution in [3.8, 4) is 6.07 Å². The lowest BCUT2D eigenvalue weighted by molar-refractivity contribution is 0.101. The molecule has 2 heterocycles. The third-order valence-electron chi connectivity index (χ3n) is 5.33. The van der Waals surface area contributed by atoms with Crippen molar-refractivity contribution in [3.05, 3.63) is 47.0 Å². The normalized spacial score (nSPS) is 24.1. The van der Waals surface area contributed by atoms with Gasteiger partial charge in [0.2, 0.25) is 0 Å². The Kier molecular flexibility index (Phi) is 4.48. The molecule has 7 nitrogen and oxygen atoms in total. The van der Waals surface area contributed by atoms with Crippen molar-refractivity contribution in [2.75, 3.05) is 5.32 Å². The van der Waals surface area contributed by atoms with Crippen LogP contribution in [0.5, 0.6) is 0 Å². The summed E-state index contributed by atoms with van der Waals surface area (Å²) >= 11 is 0. The first-order valence-electron chi connectivity index (χ1n) is 9.05. The van der Waals surface area contributed by atoms with Crippen molar-refractivity contribution in [2.24, 2.45) is 13.0 Å². The molecule has 1 aliphatic carbocycles. The Balaban J connectivity index is 1.67. The van der Waals surface area contributed by atoms with E-state index in [0.717, 1.165) is 18.9 Å². The Morgan fingerprint density at radius 3 is 2.86 bits per heavy atom. The van der Waals surface area contributed by atoms with Crippen LogP contribution in [0.2, 0.25) is 0 Å². The van der Waals surface area contributed by atoms with Gasteiger partial charge in [-0.2, -0.15) is 5.26 Å². The van der Waals surface area contributed by atoms with Gasteiger partial charge in [-0.3, -0.25) is 4.79 Å². The van der Waals surface area contributed by atoms with Crippen LogP contribution in [-0.4, -0.2) is 20.7 Å². The summed E-state index contributed by atoms with van der Waals surface area (Å²) < 4.78 is 39.4. The van der Waals surface area contributed by atoms with Gasteiger partial charge in [0, 0.05) is 30.5 Å². The number of rotatable bonds is 3. The molecule has 3 N–H and O–H groups in total. The van der Waals surface area contributed by atoms with Gasteiger partial charge in [-0.1, -0.05) is 0 Å². The van der Waals surface area contributed by atoms with Gasteiger partial charge in [0.1, 0.15) is 27.5 Å². The molecule has 0 spiro atoms. The van der Waals surface area contributed by atoms with Crippen LogP contribution in [0.3, 0.4) is 0 Å². The number of anilines is 1. The number of nitrogens with zero attached hydrogens (tertiary/aromatic N) is 2. The molecular formula is C19H20FN5O2S. The molecule has 4 rings (SSSR count). The van der Waals surface area contributed by atoms with Crippen LogP contribution in [0.15, 0.2) is 29.3 Å². The molecule has 1 saturated carbocycles. The molecule has 2 atom stereocenters. The fourth-order valence-corrected chi connectivity index (χ4v) is 5.50. The van der Waals surface area contributed by atoms with Gasteiger partial charge in [0.15, 0.2) is 0 Å². The monoisotopic (exact) mass is 401 g/mol. The molecule has 1 aromatic heterocycles. The Hall–Kier alpha value is -2.70. The van der Waals surface area contributed by atoms with E-state index in [1.165, 1.54) is 12.1 Å². The van der Waals surface area contributed by atoms with E-state index < -0.39 is 21.6 Å². The Bertz CT molecular complexity index is 1110. The van der Waals surface area contributed by atoms with E-state index in [2.05, 4.69) is 10.0 Å². The predicted molar refractivity (Wildman–Crippen MR) is 102 cm³/mol. The number of hydrogen-bond donors (Lipinski definition) is 3. The minimum Gasteiger partial charge on any atom is -0.345 e. The van der Waals surface area contributed by atoms with Crippen LogP contribution in [0.4, 0.5) is 10.1 Å². The highest BCUT2D eigenvalue weighted by atomic mass is 32.2. The predicted octanol–water partition coefficient (Wildman–Crippen LogP) is 2.92. The fraction of sp³-hybridized carbons (Fsp3) is 0.368. The zero-order valence-electron chi connectivity index (χ0n) is 15.3. The van der Waals surface area contributed by atoms with Crippen molar-refractivity contribution in [2.45, 2.75) is 36.6 Å². The zero-order valence-corrected chi connectivity index (χ0v) is 16.1. The van der Waals surface area contributed by atoms with Crippen molar-refractivity contribution >= 4 is 21.5 Å². The average Bonchev–Trinajstić information content (AvgIpc) is 3.43. The number of nitrogens with one attached hydrogen (secondary N) is 3. The van der Waals surface area contributed by atoms with Gasteiger partial charge in [0.25, 0.3) is 5.91 Å². The van der Waals surface area contributed by atoms with Gasteiger partial charge >= 0.3 is 0 Å². The Morgan fingerprint density at radius 1 is 1.43 bits per heavy atom. The summed E-state index contributed by atoms with van der Waals surface area (Å²) in [6.07, 6.45) is 4.99. The number of nitriles is 1. The molecule has 1 aliphatic heterocycles. The van der Waals surface area contributed by atoms with Gasteiger partial charge in [-0.25, -0.2) is 18.1 Å². The molecule has 9 heteroatoms. The standard InChI is InChI=1S/C19H20FN5O2S/c1-25-10-17-14(5-7-16(11-2-3-11)24-28(17,22)27)18(25)19(26)23-13-4-6-15(20)12(8-13)9-21/h4,6,8,10-11,16H,2-3,5,7H2,1H3,(H,23,26)(H2,22,24,27)/t16-,28?/m1/s1. The van der Waals surface area contributed by atoms with E-state index in [9.17, 15) is 13.4 Å². The van der Waals surface area contributed by atoms with Crippen molar-refractivity contribution in [1.29, 1.82) is 10.0 Å². The van der Waals surface area contributed by atoms with Gasteiger partial charge in [0.05, 0.1) is 10.5 Å². The first-order chi connectivity index (χ1) is 13.3. The Morgan fingerprint density at radius 2 is 2.18 bits per heavy atom. The van der Waals surface area contributed by atoms with Crippen LogP contribution >= 0.6 is 0 Å². The number of hydrogen-bond acceptors (Lipinski definition) is 4. The number of aryl methyl sites for hydroxylation is 1. The summed E-state index contributed by atoms with van der Waals surface area (Å²) in [5.74, 6) is -0.650. The summed E-state index contributed by atoms with van der Waals surface area (Å²) in [5.41, 5.74) is 1.08. The van der Waals surface area contributed by atoms with Crippen molar-refractivity contribution in [1.82, 2.24) is 9.29 Å². The molecule has 0 saturated heterocycles. The number of aromatic nitrogens is 1. The first kappa shape index (κ1) is 18.7. The fourth-order valence-electron chi connectivity index (χ4n) is 3.78. The largest absolute Gasteiger partial charge is 0.345 e. The van der Waals surface area contributed by atoms with E-state index in [4.69, 9.17) is 10.0 Å². The average molecular weight is 401 g/mol. The molecule has 1 amide bonds. The van der Waals surface area contributed by atoms with Gasteiger partial charge < -0.3 is 9.88 Å². The van der Waals surface area contributed by atoms with Crippen molar-refractivity contribution < 1.29 is 13.4 Å². The van der Waals surface area contributed by atoms with Gasteiger partial charge in [-0.05, 0) is 49.8 Å². The second kappa shape index (κ2) is 6.72. The molecule has 1 fully saturated rings. The maximum Gasteiger partial charge on any atom is 0.272 e. The Labute approximate surface area is 162 Å². The van der Waals surface area contributed by atoms with Crippen LogP contribution in [0, 0.1) is 27.8 Å². The molecule has 2 aromatic rings. The summed E-state index contributed by atoms with van der Waals surface area (Å²) in [5, 5.41) is 11.6. The highest BCUT2D eigenvalue weighted by Gasteiger charge is 2.37. The summed E-state index contributed by atoms with van der Waals surface area (Å²) in [7, 11) is -1.53. The molecule has 0 bridgehead atoms. The number of carbonyl (C=O) groups is 1. The lowest BCUT2D eigenvalue weighted by Crippen LogP contribution is -2.34. The maximum absolute atomic E-state index is 13.5. The molecule has 2 aliphatic rings. The topological polar surface area (TPSA) is 111 Å². The highest BCUT2D eigenvalue weighted by molar-refractivity contribution is 7.90. The van der Waals surface area contributed by atoms with E-state index in [1.807, 2.05) is 0 Å². The second-order valence-electron chi connectivity index (χ2n) is 7.35. The van der Waals surface area contributed by atoms with Crippen LogP contribution in [0.1, 0.15) is 40.9 Å². The lowest BCUT2D eigenvalue weighted by Gasteiger charge is -2.16. The van der Waals surface area contributed by atoms with Crippen LogP contribution in [-0.2, 0) is 23.4 Å². The number of carbonyl (C=O) groups excluding carboxylic acids is 1. The number of amides is 1. The molecule has 28 heavy (non-hydrogen) atoms. The lowest BCUT2D eigenvalue weighted by atomic mass is 10.0. The van der Waals surface area contributed by atoms with E-state index in [1.54, 1.807) is 23.9 Å². The number of benzene rings is 1. The quantitative estimate of drug-likeness (QED) is 0.735. The van der Waals surface area contributed by atoms with E-state index in [-0.39, 0.29) is 11.6 Å². The van der Waals surface area contributed by atoms with E-state index >= 15 is 0 Å². The van der Waals surface area contributed by atoms with Crippen molar-refractivity contribution in [3.63, 3.8) is 0 Å². The molecule has 1 aromatic carbocycles. The third-order valence-corrected chi connectivity index (χ3v) is 6.94. The molecule has 146 valence electrons. The summed E-state index contributed by atoms with van der Waals surface area (Å²) in [6, 6.07) is 5.54. The molecule has 0 radical (unpaired) electrons. The third kappa shape index (κ3) is 3.30. The smallest absolute Gasteiger partial charge is 0.272 e. The van der Waals surface area contributed by atoms with Crippen LogP contribution < -0.4 is 10.0 Å². The second-order valence-corrected chi connectivity index (χ2v) is 9.14. The molecular weight excluding hydrogens is 381 g/mol.